The van der Waals surface area contributed by atoms with Gasteiger partial charge in [-0.25, -0.2) is 19.5 Å². The van der Waals surface area contributed by atoms with Crippen LogP contribution in [0.15, 0.2) is 43.0 Å². The first-order valence-corrected chi connectivity index (χ1v) is 10.4. The van der Waals surface area contributed by atoms with Crippen LogP contribution in [0.2, 0.25) is 0 Å². The lowest BCUT2D eigenvalue weighted by Crippen LogP contribution is -2.40. The number of rotatable bonds is 4. The van der Waals surface area contributed by atoms with Crippen molar-refractivity contribution in [3.63, 3.8) is 0 Å². The Hall–Kier alpha value is -2.40. The van der Waals surface area contributed by atoms with Crippen LogP contribution in [0.4, 0.5) is 5.82 Å². The highest BCUT2D eigenvalue weighted by atomic mass is 31.2. The van der Waals surface area contributed by atoms with E-state index in [-0.39, 0.29) is 19.0 Å². The van der Waals surface area contributed by atoms with Crippen LogP contribution in [0, 0.1) is 0 Å². The number of hydrogen-bond acceptors (Lipinski definition) is 9. The topological polar surface area (TPSA) is 144 Å². The molecule has 3 aromatic rings. The standard InChI is InChI=1S/C17H18N5O6P/c18-15-12-16(20-8-19-15)22(9-21-12)17-14(25-6-10-4-2-1-3-5-10)13-11(27-17)7-26-29(23,24)28-13/h1-5,8-9,11,13-14,17H,6-7H2,(H,23,24)(H2,18,19,20)/t11-,13-,14-,17-/m1/s1. The summed E-state index contributed by atoms with van der Waals surface area (Å²) in [5.41, 5.74) is 7.71. The number of benzene rings is 1. The number of anilines is 1. The second-order valence-corrected chi connectivity index (χ2v) is 8.15. The highest BCUT2D eigenvalue weighted by Crippen LogP contribution is 2.53. The van der Waals surface area contributed by atoms with Crippen molar-refractivity contribution in [3.8, 4) is 0 Å². The SMILES string of the molecule is Nc1ncnc2c1ncn2[C@@H]1O[C@@H]2COP(=O)(O)O[C@H]2[C@H]1OCc1ccccc1. The van der Waals surface area contributed by atoms with E-state index in [1.54, 1.807) is 4.57 Å². The maximum absolute atomic E-state index is 12.0. The summed E-state index contributed by atoms with van der Waals surface area (Å²) >= 11 is 0. The normalized spacial score (nSPS) is 31.8. The van der Waals surface area contributed by atoms with Crippen LogP contribution in [0.25, 0.3) is 11.2 Å². The molecule has 0 spiro atoms. The average Bonchev–Trinajstić information content (AvgIpc) is 3.28. The lowest BCUT2D eigenvalue weighted by atomic mass is 10.1. The van der Waals surface area contributed by atoms with Gasteiger partial charge in [-0.1, -0.05) is 30.3 Å². The maximum Gasteiger partial charge on any atom is 0.472 e. The summed E-state index contributed by atoms with van der Waals surface area (Å²) in [5.74, 6) is 0.241. The van der Waals surface area contributed by atoms with Gasteiger partial charge in [0.05, 0.1) is 19.5 Å². The van der Waals surface area contributed by atoms with Gasteiger partial charge in [0.25, 0.3) is 0 Å². The number of aromatic nitrogens is 4. The van der Waals surface area contributed by atoms with E-state index in [0.29, 0.717) is 11.2 Å². The van der Waals surface area contributed by atoms with E-state index >= 15 is 0 Å². The largest absolute Gasteiger partial charge is 0.472 e. The summed E-state index contributed by atoms with van der Waals surface area (Å²) in [6.45, 7) is 0.169. The zero-order valence-electron chi connectivity index (χ0n) is 15.1. The molecule has 4 heterocycles. The molecule has 5 atom stereocenters. The Morgan fingerprint density at radius 2 is 2.10 bits per heavy atom. The molecular formula is C17H18N5O6P. The van der Waals surface area contributed by atoms with E-state index in [1.165, 1.54) is 12.7 Å². The zero-order chi connectivity index (χ0) is 20.0. The Bertz CT molecular complexity index is 1080. The first kappa shape index (κ1) is 18.6. The molecule has 2 aliphatic rings. The maximum atomic E-state index is 12.0. The van der Waals surface area contributed by atoms with Crippen LogP contribution in [-0.4, -0.2) is 49.3 Å². The molecular weight excluding hydrogens is 401 g/mol. The first-order chi connectivity index (χ1) is 14.0. The number of nitrogens with two attached hydrogens (primary N) is 1. The molecule has 0 saturated carbocycles. The molecule has 2 fully saturated rings. The summed E-state index contributed by atoms with van der Waals surface area (Å²) in [6, 6.07) is 9.56. The molecule has 1 unspecified atom stereocenters. The average molecular weight is 419 g/mol. The second kappa shape index (κ2) is 7.13. The van der Waals surface area contributed by atoms with Crippen LogP contribution in [-0.2, 0) is 29.7 Å². The van der Waals surface area contributed by atoms with Crippen LogP contribution in [0.1, 0.15) is 11.8 Å². The van der Waals surface area contributed by atoms with Crippen LogP contribution < -0.4 is 5.73 Å². The van der Waals surface area contributed by atoms with Crippen molar-refractivity contribution in [3.05, 3.63) is 48.5 Å². The predicted molar refractivity (Wildman–Crippen MR) is 99.3 cm³/mol. The number of imidazole rings is 1. The Labute approximate surface area is 165 Å². The first-order valence-electron chi connectivity index (χ1n) is 8.91. The Balaban J connectivity index is 1.50. The minimum atomic E-state index is -4.18. The van der Waals surface area contributed by atoms with Crippen molar-refractivity contribution in [2.75, 3.05) is 12.3 Å². The van der Waals surface area contributed by atoms with Crippen molar-refractivity contribution in [1.82, 2.24) is 19.5 Å². The fraction of sp³-hybridized carbons (Fsp3) is 0.353. The lowest BCUT2D eigenvalue weighted by molar-refractivity contribution is -0.0713. The summed E-state index contributed by atoms with van der Waals surface area (Å²) in [6.07, 6.45) is 0.0410. The number of nitrogens with zero attached hydrogens (tertiary/aromatic N) is 4. The number of nitrogen functional groups attached to an aromatic ring is 1. The molecule has 0 aliphatic carbocycles. The third kappa shape index (κ3) is 3.42. The summed E-state index contributed by atoms with van der Waals surface area (Å²) in [5, 5.41) is 0. The van der Waals surface area contributed by atoms with Gasteiger partial charge in [0.1, 0.15) is 30.2 Å². The molecule has 5 rings (SSSR count). The highest BCUT2D eigenvalue weighted by molar-refractivity contribution is 7.47. The van der Waals surface area contributed by atoms with E-state index in [2.05, 4.69) is 15.0 Å². The van der Waals surface area contributed by atoms with Gasteiger partial charge in [0.15, 0.2) is 17.7 Å². The van der Waals surface area contributed by atoms with Gasteiger partial charge in [-0.2, -0.15) is 0 Å². The molecule has 11 nitrogen and oxygen atoms in total. The second-order valence-electron chi connectivity index (χ2n) is 6.74. The van der Waals surface area contributed by atoms with Gasteiger partial charge in [0.2, 0.25) is 0 Å². The molecule has 0 radical (unpaired) electrons. The van der Waals surface area contributed by atoms with E-state index in [9.17, 15) is 9.46 Å². The third-order valence-electron chi connectivity index (χ3n) is 4.89. The molecule has 3 N–H and O–H groups in total. The molecule has 29 heavy (non-hydrogen) atoms. The molecule has 0 bridgehead atoms. The molecule has 2 aromatic heterocycles. The van der Waals surface area contributed by atoms with Crippen LogP contribution in [0.3, 0.4) is 0 Å². The smallest absolute Gasteiger partial charge is 0.382 e. The Kier molecular flexibility index (Phi) is 4.58. The van der Waals surface area contributed by atoms with Gasteiger partial charge >= 0.3 is 7.82 Å². The lowest BCUT2D eigenvalue weighted by Gasteiger charge is -2.29. The Morgan fingerprint density at radius 3 is 2.93 bits per heavy atom. The predicted octanol–water partition coefficient (Wildman–Crippen LogP) is 1.41. The van der Waals surface area contributed by atoms with Crippen LogP contribution in [0.5, 0.6) is 0 Å². The summed E-state index contributed by atoms with van der Waals surface area (Å²) in [4.78, 5) is 22.2. The van der Waals surface area contributed by atoms with E-state index in [0.717, 1.165) is 5.56 Å². The van der Waals surface area contributed by atoms with E-state index < -0.39 is 32.4 Å². The molecule has 1 aromatic carbocycles. The molecule has 0 amide bonds. The van der Waals surface area contributed by atoms with Crippen molar-refractivity contribution in [2.24, 2.45) is 0 Å². The molecule has 2 aliphatic heterocycles. The monoisotopic (exact) mass is 419 g/mol. The van der Waals surface area contributed by atoms with Gasteiger partial charge < -0.3 is 20.1 Å². The highest BCUT2D eigenvalue weighted by Gasteiger charge is 2.54. The van der Waals surface area contributed by atoms with Gasteiger partial charge in [0, 0.05) is 0 Å². The minimum Gasteiger partial charge on any atom is -0.382 e. The van der Waals surface area contributed by atoms with Gasteiger partial charge in [-0.15, -0.1) is 0 Å². The quantitative estimate of drug-likeness (QED) is 0.596. The minimum absolute atomic E-state index is 0.0934. The fourth-order valence-electron chi connectivity index (χ4n) is 3.55. The van der Waals surface area contributed by atoms with Crippen molar-refractivity contribution in [1.29, 1.82) is 0 Å². The molecule has 12 heteroatoms. The van der Waals surface area contributed by atoms with Crippen molar-refractivity contribution < 1.29 is 28.0 Å². The Morgan fingerprint density at radius 1 is 1.28 bits per heavy atom. The van der Waals surface area contributed by atoms with E-state index in [1.807, 2.05) is 30.3 Å². The molecule has 2 saturated heterocycles. The van der Waals surface area contributed by atoms with Gasteiger partial charge in [-0.05, 0) is 5.56 Å². The summed E-state index contributed by atoms with van der Waals surface area (Å²) in [7, 11) is -4.18. The van der Waals surface area contributed by atoms with Crippen molar-refractivity contribution >= 4 is 24.8 Å². The van der Waals surface area contributed by atoms with E-state index in [4.69, 9.17) is 24.3 Å². The number of phosphoric ester groups is 1. The van der Waals surface area contributed by atoms with Crippen molar-refractivity contribution in [2.45, 2.75) is 31.1 Å². The number of ether oxygens (including phenoxy) is 2. The number of phosphoric acid groups is 1. The summed E-state index contributed by atoms with van der Waals surface area (Å²) < 4.78 is 36.0. The number of hydrogen-bond donors (Lipinski definition) is 2. The molecule has 152 valence electrons. The van der Waals surface area contributed by atoms with Gasteiger partial charge in [-0.3, -0.25) is 13.6 Å². The third-order valence-corrected chi connectivity index (χ3v) is 5.87. The fourth-order valence-corrected chi connectivity index (χ4v) is 4.51. The zero-order valence-corrected chi connectivity index (χ0v) is 16.0. The number of fused-ring (bicyclic) bond motifs is 2. The van der Waals surface area contributed by atoms with Crippen LogP contribution >= 0.6 is 7.82 Å².